The van der Waals surface area contributed by atoms with Crippen LogP contribution in [0.15, 0.2) is 65.2 Å². The first-order valence-corrected chi connectivity index (χ1v) is 11.0. The van der Waals surface area contributed by atoms with E-state index in [2.05, 4.69) is 11.2 Å². The van der Waals surface area contributed by atoms with Crippen molar-refractivity contribution in [1.82, 2.24) is 5.16 Å². The molecular weight excluding hydrogens is 416 g/mol. The molecule has 0 aliphatic heterocycles. The third-order valence-corrected chi connectivity index (χ3v) is 5.45. The molecule has 0 saturated carbocycles. The van der Waals surface area contributed by atoms with Gasteiger partial charge in [-0.15, -0.1) is 0 Å². The zero-order valence-corrected chi connectivity index (χ0v) is 19.4. The van der Waals surface area contributed by atoms with Gasteiger partial charge in [-0.2, -0.15) is 5.26 Å². The van der Waals surface area contributed by atoms with Gasteiger partial charge in [0.15, 0.2) is 11.5 Å². The minimum absolute atomic E-state index is 0.00777. The topological polar surface area (TPSA) is 93.2 Å². The first kappa shape index (κ1) is 23.9. The number of carbonyl (C=O) groups excluding carboxylic acids is 2. The van der Waals surface area contributed by atoms with Gasteiger partial charge >= 0.3 is 5.97 Å². The lowest BCUT2D eigenvalue weighted by Crippen LogP contribution is -2.21. The fraction of sp³-hybridized carbons (Fsp3) is 0.333. The summed E-state index contributed by atoms with van der Waals surface area (Å²) in [6.45, 7) is 7.50. The Morgan fingerprint density at radius 1 is 1.03 bits per heavy atom. The Morgan fingerprint density at radius 2 is 1.61 bits per heavy atom. The van der Waals surface area contributed by atoms with Crippen molar-refractivity contribution < 1.29 is 18.8 Å². The summed E-state index contributed by atoms with van der Waals surface area (Å²) >= 11 is 0. The highest BCUT2D eigenvalue weighted by atomic mass is 16.5. The minimum atomic E-state index is -0.698. The van der Waals surface area contributed by atoms with E-state index >= 15 is 0 Å². The molecule has 0 aliphatic carbocycles. The third kappa shape index (κ3) is 5.38. The molecule has 0 bridgehead atoms. The molecule has 6 heteroatoms. The zero-order chi connectivity index (χ0) is 24.0. The van der Waals surface area contributed by atoms with Crippen LogP contribution in [0, 0.1) is 11.3 Å². The molecular formula is C27H28N2O4. The molecule has 170 valence electrons. The number of hydrogen-bond donors (Lipinski definition) is 0. The van der Waals surface area contributed by atoms with Gasteiger partial charge < -0.3 is 9.26 Å². The van der Waals surface area contributed by atoms with Gasteiger partial charge in [0.1, 0.15) is 0 Å². The Bertz CT molecular complexity index is 1140. The second-order valence-corrected chi connectivity index (χ2v) is 8.87. The molecule has 6 nitrogen and oxygen atoms in total. The van der Waals surface area contributed by atoms with Gasteiger partial charge in [-0.05, 0) is 18.1 Å². The van der Waals surface area contributed by atoms with Crippen LogP contribution < -0.4 is 0 Å². The SMILES string of the molecule is CCOC(=O)c1noc(C(C)(C)C)c1C(=O)C[C@@H](c1ccccc1)[C@@H](C#N)c1ccccc1. The summed E-state index contributed by atoms with van der Waals surface area (Å²) in [5.41, 5.74) is 1.15. The van der Waals surface area contributed by atoms with Gasteiger partial charge in [0, 0.05) is 17.8 Å². The largest absolute Gasteiger partial charge is 0.461 e. The lowest BCUT2D eigenvalue weighted by molar-refractivity contribution is 0.0511. The van der Waals surface area contributed by atoms with E-state index < -0.39 is 23.2 Å². The second kappa shape index (κ2) is 10.3. The normalized spacial score (nSPS) is 13.1. The predicted octanol–water partition coefficient (Wildman–Crippen LogP) is 5.81. The maximum atomic E-state index is 13.7. The second-order valence-electron chi connectivity index (χ2n) is 8.87. The molecule has 0 saturated heterocycles. The Labute approximate surface area is 194 Å². The van der Waals surface area contributed by atoms with Gasteiger partial charge in [0.05, 0.1) is 24.2 Å². The Kier molecular flexibility index (Phi) is 7.44. The smallest absolute Gasteiger partial charge is 0.361 e. The van der Waals surface area contributed by atoms with Crippen LogP contribution in [0.2, 0.25) is 0 Å². The van der Waals surface area contributed by atoms with Crippen molar-refractivity contribution in [2.75, 3.05) is 6.61 Å². The van der Waals surface area contributed by atoms with E-state index in [4.69, 9.17) is 9.26 Å². The molecule has 1 heterocycles. The van der Waals surface area contributed by atoms with E-state index in [1.807, 2.05) is 81.4 Å². The summed E-state index contributed by atoms with van der Waals surface area (Å²) in [4.78, 5) is 26.2. The van der Waals surface area contributed by atoms with Gasteiger partial charge in [-0.3, -0.25) is 4.79 Å². The molecule has 0 spiro atoms. The molecule has 1 aromatic heterocycles. The van der Waals surface area contributed by atoms with Gasteiger partial charge in [0.25, 0.3) is 0 Å². The standard InChI is InChI=1S/C27H28N2O4/c1-5-32-26(31)24-23(25(33-29-24)27(2,3)4)22(30)16-20(18-12-8-6-9-13-18)21(17-28)19-14-10-7-11-15-19/h6-15,20-21H,5,16H2,1-4H3/t20-,21-/m0/s1. The van der Waals surface area contributed by atoms with Crippen LogP contribution in [0.4, 0.5) is 0 Å². The number of ketones is 1. The van der Waals surface area contributed by atoms with Crippen LogP contribution in [-0.2, 0) is 10.2 Å². The average molecular weight is 445 g/mol. The van der Waals surface area contributed by atoms with Crippen LogP contribution in [0.5, 0.6) is 0 Å². The quantitative estimate of drug-likeness (QED) is 0.321. The third-order valence-electron chi connectivity index (χ3n) is 5.45. The first-order chi connectivity index (χ1) is 15.8. The molecule has 0 radical (unpaired) electrons. The zero-order valence-electron chi connectivity index (χ0n) is 19.4. The molecule has 3 aromatic rings. The first-order valence-electron chi connectivity index (χ1n) is 11.0. The molecule has 33 heavy (non-hydrogen) atoms. The van der Waals surface area contributed by atoms with Gasteiger partial charge in [-0.1, -0.05) is 86.6 Å². The summed E-state index contributed by atoms with van der Waals surface area (Å²) < 4.78 is 10.6. The van der Waals surface area contributed by atoms with Crippen molar-refractivity contribution in [3.05, 3.63) is 88.8 Å². The van der Waals surface area contributed by atoms with E-state index in [1.54, 1.807) is 6.92 Å². The number of hydrogen-bond acceptors (Lipinski definition) is 6. The molecule has 0 fully saturated rings. The Hall–Kier alpha value is -3.72. The van der Waals surface area contributed by atoms with Crippen LogP contribution in [-0.4, -0.2) is 23.5 Å². The van der Waals surface area contributed by atoms with E-state index in [0.29, 0.717) is 5.76 Å². The number of rotatable bonds is 8. The molecule has 2 atom stereocenters. The lowest BCUT2D eigenvalue weighted by atomic mass is 9.77. The van der Waals surface area contributed by atoms with Gasteiger partial charge in [-0.25, -0.2) is 4.79 Å². The fourth-order valence-corrected chi connectivity index (χ4v) is 3.89. The number of Topliss-reactive ketones (excluding diaryl/α,β-unsaturated/α-hetero) is 1. The van der Waals surface area contributed by atoms with Crippen molar-refractivity contribution in [2.24, 2.45) is 0 Å². The Balaban J connectivity index is 2.08. The average Bonchev–Trinajstić information content (AvgIpc) is 3.27. The van der Waals surface area contributed by atoms with Crippen LogP contribution in [0.3, 0.4) is 0 Å². The highest BCUT2D eigenvalue weighted by Gasteiger charge is 2.36. The number of carbonyl (C=O) groups is 2. The number of nitrogens with zero attached hydrogens (tertiary/aromatic N) is 2. The molecule has 0 aliphatic rings. The molecule has 3 rings (SSSR count). The summed E-state index contributed by atoms with van der Waals surface area (Å²) in [7, 11) is 0. The number of esters is 1. The predicted molar refractivity (Wildman–Crippen MR) is 124 cm³/mol. The molecule has 0 amide bonds. The molecule has 0 unspecified atom stereocenters. The lowest BCUT2D eigenvalue weighted by Gasteiger charge is -2.23. The summed E-state index contributed by atoms with van der Waals surface area (Å²) in [6.07, 6.45) is 0.00777. The maximum absolute atomic E-state index is 13.7. The van der Waals surface area contributed by atoms with Crippen molar-refractivity contribution >= 4 is 11.8 Å². The van der Waals surface area contributed by atoms with Crippen LogP contribution in [0.1, 0.15) is 83.7 Å². The maximum Gasteiger partial charge on any atom is 0.361 e. The summed E-state index contributed by atoms with van der Waals surface area (Å²) in [5.74, 6) is -1.66. The molecule has 2 aromatic carbocycles. The monoisotopic (exact) mass is 444 g/mol. The number of ether oxygens (including phenoxy) is 1. The van der Waals surface area contributed by atoms with Gasteiger partial charge in [0.2, 0.25) is 5.69 Å². The fourth-order valence-electron chi connectivity index (χ4n) is 3.89. The van der Waals surface area contributed by atoms with Crippen molar-refractivity contribution in [3.63, 3.8) is 0 Å². The van der Waals surface area contributed by atoms with Crippen molar-refractivity contribution in [1.29, 1.82) is 5.26 Å². The highest BCUT2D eigenvalue weighted by molar-refractivity contribution is 6.06. The number of aromatic nitrogens is 1. The highest BCUT2D eigenvalue weighted by Crippen LogP contribution is 2.38. The number of nitriles is 1. The summed E-state index contributed by atoms with van der Waals surface area (Å²) in [5, 5.41) is 14.0. The Morgan fingerprint density at radius 3 is 2.12 bits per heavy atom. The van der Waals surface area contributed by atoms with Crippen LogP contribution in [0.25, 0.3) is 0 Å². The molecule has 0 N–H and O–H groups in total. The number of benzene rings is 2. The van der Waals surface area contributed by atoms with Crippen LogP contribution >= 0.6 is 0 Å². The summed E-state index contributed by atoms with van der Waals surface area (Å²) in [6, 6.07) is 21.3. The minimum Gasteiger partial charge on any atom is -0.461 e. The van der Waals surface area contributed by atoms with Crippen molar-refractivity contribution in [2.45, 2.75) is 51.4 Å². The van der Waals surface area contributed by atoms with E-state index in [-0.39, 0.29) is 30.1 Å². The van der Waals surface area contributed by atoms with Crippen molar-refractivity contribution in [3.8, 4) is 6.07 Å². The van der Waals surface area contributed by atoms with E-state index in [9.17, 15) is 14.9 Å². The van der Waals surface area contributed by atoms with E-state index in [0.717, 1.165) is 11.1 Å². The van der Waals surface area contributed by atoms with E-state index in [1.165, 1.54) is 0 Å².